The molecule has 2 rings (SSSR count). The molecule has 0 radical (unpaired) electrons. The van der Waals surface area contributed by atoms with E-state index in [1.807, 2.05) is 25.1 Å². The van der Waals surface area contributed by atoms with Crippen LogP contribution >= 0.6 is 23.4 Å². The summed E-state index contributed by atoms with van der Waals surface area (Å²) in [6.45, 7) is 1.97. The van der Waals surface area contributed by atoms with E-state index >= 15 is 0 Å². The van der Waals surface area contributed by atoms with Crippen LogP contribution in [0.3, 0.4) is 0 Å². The lowest BCUT2D eigenvalue weighted by atomic mass is 10.0. The fourth-order valence-corrected chi connectivity index (χ4v) is 3.62. The highest BCUT2D eigenvalue weighted by atomic mass is 35.5. The first-order valence-corrected chi connectivity index (χ1v) is 7.90. The van der Waals surface area contributed by atoms with Crippen LogP contribution in [0.1, 0.15) is 24.2 Å². The van der Waals surface area contributed by atoms with Crippen LogP contribution in [0.5, 0.6) is 0 Å². The van der Waals surface area contributed by atoms with Crippen molar-refractivity contribution in [3.8, 4) is 0 Å². The number of thioether (sulfide) groups is 1. The average molecular weight is 328 g/mol. The van der Waals surface area contributed by atoms with Gasteiger partial charge in [-0.05, 0) is 30.2 Å². The van der Waals surface area contributed by atoms with Gasteiger partial charge in [-0.2, -0.15) is 0 Å². The molecule has 0 aliphatic rings. The predicted octanol–water partition coefficient (Wildman–Crippen LogP) is 5.19. The lowest BCUT2D eigenvalue weighted by molar-refractivity contribution is 0.564. The minimum Gasteiger partial charge on any atom is -0.326 e. The van der Waals surface area contributed by atoms with Crippen LogP contribution in [0.4, 0.5) is 8.78 Å². The third kappa shape index (κ3) is 3.96. The van der Waals surface area contributed by atoms with E-state index in [1.54, 1.807) is 6.07 Å². The molecule has 2 N–H and O–H groups in total. The monoisotopic (exact) mass is 327 g/mol. The molecule has 2 aromatic rings. The SMILES string of the molecule is CCC(N)C(Sc1ccc(F)cc1F)c1ccccc1Cl. The van der Waals surface area contributed by atoms with Crippen LogP contribution in [-0.2, 0) is 0 Å². The Morgan fingerprint density at radius 1 is 1.19 bits per heavy atom. The Morgan fingerprint density at radius 3 is 2.52 bits per heavy atom. The molecule has 0 saturated carbocycles. The maximum atomic E-state index is 13.9. The molecule has 0 aromatic heterocycles. The highest BCUT2D eigenvalue weighted by molar-refractivity contribution is 7.99. The Hall–Kier alpha value is -1.10. The van der Waals surface area contributed by atoms with Crippen LogP contribution < -0.4 is 5.73 Å². The van der Waals surface area contributed by atoms with Gasteiger partial charge in [-0.1, -0.05) is 36.7 Å². The molecule has 2 unspecified atom stereocenters. The molecule has 0 aliphatic heterocycles. The molecule has 0 bridgehead atoms. The van der Waals surface area contributed by atoms with Crippen molar-refractivity contribution in [2.75, 3.05) is 0 Å². The van der Waals surface area contributed by atoms with Crippen LogP contribution in [0.25, 0.3) is 0 Å². The maximum absolute atomic E-state index is 13.9. The largest absolute Gasteiger partial charge is 0.326 e. The van der Waals surface area contributed by atoms with Gasteiger partial charge in [0.15, 0.2) is 0 Å². The molecule has 2 aromatic carbocycles. The highest BCUT2D eigenvalue weighted by Gasteiger charge is 2.23. The van der Waals surface area contributed by atoms with Gasteiger partial charge in [0.25, 0.3) is 0 Å². The van der Waals surface area contributed by atoms with Crippen molar-refractivity contribution in [2.24, 2.45) is 5.73 Å². The quantitative estimate of drug-likeness (QED) is 0.765. The van der Waals surface area contributed by atoms with E-state index in [-0.39, 0.29) is 11.3 Å². The average Bonchev–Trinajstić information content (AvgIpc) is 2.47. The zero-order chi connectivity index (χ0) is 15.4. The fraction of sp³-hybridized carbons (Fsp3) is 0.250. The first-order chi connectivity index (χ1) is 10.0. The topological polar surface area (TPSA) is 26.0 Å². The third-order valence-electron chi connectivity index (χ3n) is 3.22. The normalized spacial score (nSPS) is 14.0. The van der Waals surface area contributed by atoms with E-state index in [2.05, 4.69) is 0 Å². The van der Waals surface area contributed by atoms with Crippen molar-refractivity contribution in [2.45, 2.75) is 29.5 Å². The summed E-state index contributed by atoms with van der Waals surface area (Å²) in [5, 5.41) is 0.407. The Morgan fingerprint density at radius 2 is 1.90 bits per heavy atom. The van der Waals surface area contributed by atoms with Crippen LogP contribution in [0.15, 0.2) is 47.4 Å². The predicted molar refractivity (Wildman–Crippen MR) is 84.7 cm³/mol. The summed E-state index contributed by atoms with van der Waals surface area (Å²) < 4.78 is 26.9. The first-order valence-electron chi connectivity index (χ1n) is 6.64. The fourth-order valence-electron chi connectivity index (χ4n) is 2.01. The van der Waals surface area contributed by atoms with Crippen LogP contribution in [-0.4, -0.2) is 6.04 Å². The van der Waals surface area contributed by atoms with Gasteiger partial charge in [0, 0.05) is 22.0 Å². The zero-order valence-electron chi connectivity index (χ0n) is 11.5. The maximum Gasteiger partial charge on any atom is 0.139 e. The molecule has 0 heterocycles. The van der Waals surface area contributed by atoms with Crippen LogP contribution in [0.2, 0.25) is 5.02 Å². The zero-order valence-corrected chi connectivity index (χ0v) is 13.1. The van der Waals surface area contributed by atoms with E-state index < -0.39 is 11.6 Å². The van der Waals surface area contributed by atoms with Gasteiger partial charge >= 0.3 is 0 Å². The highest BCUT2D eigenvalue weighted by Crippen LogP contribution is 2.41. The number of halogens is 3. The Bertz CT molecular complexity index is 621. The molecule has 2 atom stereocenters. The van der Waals surface area contributed by atoms with Gasteiger partial charge < -0.3 is 5.73 Å². The summed E-state index contributed by atoms with van der Waals surface area (Å²) in [5.74, 6) is -1.17. The van der Waals surface area contributed by atoms with E-state index in [0.29, 0.717) is 9.92 Å². The van der Waals surface area contributed by atoms with Gasteiger partial charge in [-0.3, -0.25) is 0 Å². The van der Waals surface area contributed by atoms with Crippen molar-refractivity contribution in [1.29, 1.82) is 0 Å². The van der Waals surface area contributed by atoms with Crippen molar-refractivity contribution < 1.29 is 8.78 Å². The van der Waals surface area contributed by atoms with Gasteiger partial charge in [-0.25, -0.2) is 8.78 Å². The van der Waals surface area contributed by atoms with Gasteiger partial charge in [-0.15, -0.1) is 11.8 Å². The number of hydrogen-bond acceptors (Lipinski definition) is 2. The van der Waals surface area contributed by atoms with Crippen molar-refractivity contribution >= 4 is 23.4 Å². The first kappa shape index (κ1) is 16.3. The molecular formula is C16H16ClF2NS. The lowest BCUT2D eigenvalue weighted by Crippen LogP contribution is -2.26. The molecule has 1 nitrogen and oxygen atoms in total. The third-order valence-corrected chi connectivity index (χ3v) is 5.01. The number of nitrogens with two attached hydrogens (primary N) is 1. The lowest BCUT2D eigenvalue weighted by Gasteiger charge is -2.24. The minimum atomic E-state index is -0.592. The molecule has 0 fully saturated rings. The summed E-state index contributed by atoms with van der Waals surface area (Å²) in [5.41, 5.74) is 7.03. The molecule has 0 saturated heterocycles. The van der Waals surface area contributed by atoms with Gasteiger partial charge in [0.05, 0.1) is 5.25 Å². The summed E-state index contributed by atoms with van der Waals surface area (Å²) in [6, 6.07) is 10.8. The minimum absolute atomic E-state index is 0.181. The molecule has 21 heavy (non-hydrogen) atoms. The van der Waals surface area contributed by atoms with Crippen molar-refractivity contribution in [3.63, 3.8) is 0 Å². The number of hydrogen-bond donors (Lipinski definition) is 1. The number of benzene rings is 2. The summed E-state index contributed by atoms with van der Waals surface area (Å²) >= 11 is 7.50. The van der Waals surface area contributed by atoms with E-state index in [9.17, 15) is 8.78 Å². The Kier molecular flexibility index (Phi) is 5.62. The van der Waals surface area contributed by atoms with Crippen molar-refractivity contribution in [1.82, 2.24) is 0 Å². The molecule has 0 spiro atoms. The second kappa shape index (κ2) is 7.25. The molecule has 112 valence electrons. The summed E-state index contributed by atoms with van der Waals surface area (Å²) in [6.07, 6.45) is 0.728. The second-order valence-electron chi connectivity index (χ2n) is 4.71. The van der Waals surface area contributed by atoms with Crippen LogP contribution in [0, 0.1) is 11.6 Å². The van der Waals surface area contributed by atoms with E-state index in [0.717, 1.165) is 18.1 Å². The van der Waals surface area contributed by atoms with Gasteiger partial charge in [0.1, 0.15) is 11.6 Å². The molecule has 0 amide bonds. The Labute approximate surface area is 132 Å². The number of rotatable bonds is 5. The van der Waals surface area contributed by atoms with E-state index in [4.69, 9.17) is 17.3 Å². The molecule has 5 heteroatoms. The standard InChI is InChI=1S/C16H16ClF2NS/c1-2-14(20)16(11-5-3-4-6-12(11)17)21-15-8-7-10(18)9-13(15)19/h3-9,14,16H,2,20H2,1H3. The Balaban J connectivity index is 2.35. The molecule has 0 aliphatic carbocycles. The van der Waals surface area contributed by atoms with E-state index in [1.165, 1.54) is 23.9 Å². The van der Waals surface area contributed by atoms with Crippen molar-refractivity contribution in [3.05, 3.63) is 64.7 Å². The summed E-state index contributed by atoms with van der Waals surface area (Å²) in [4.78, 5) is 0.366. The van der Waals surface area contributed by atoms with Gasteiger partial charge in [0.2, 0.25) is 0 Å². The smallest absolute Gasteiger partial charge is 0.139 e. The second-order valence-corrected chi connectivity index (χ2v) is 6.30. The summed E-state index contributed by atoms with van der Waals surface area (Å²) in [7, 11) is 0. The molecular weight excluding hydrogens is 312 g/mol.